The SMILES string of the molecule is COC(=O)N1CCCC(N)(CO)C1. The van der Waals surface area contributed by atoms with Gasteiger partial charge in [0.1, 0.15) is 0 Å². The van der Waals surface area contributed by atoms with Crippen molar-refractivity contribution in [1.82, 2.24) is 4.90 Å². The van der Waals surface area contributed by atoms with Gasteiger partial charge < -0.3 is 20.5 Å². The van der Waals surface area contributed by atoms with Gasteiger partial charge in [-0.05, 0) is 12.8 Å². The molecule has 1 atom stereocenters. The number of aliphatic hydroxyl groups is 1. The summed E-state index contributed by atoms with van der Waals surface area (Å²) in [5, 5.41) is 9.02. The summed E-state index contributed by atoms with van der Waals surface area (Å²) in [6.07, 6.45) is 1.19. The van der Waals surface area contributed by atoms with Gasteiger partial charge in [-0.15, -0.1) is 0 Å². The third kappa shape index (κ3) is 2.32. The zero-order chi connectivity index (χ0) is 9.90. The summed E-state index contributed by atoms with van der Waals surface area (Å²) in [7, 11) is 1.34. The monoisotopic (exact) mass is 188 g/mol. The van der Waals surface area contributed by atoms with Crippen molar-refractivity contribution in [3.8, 4) is 0 Å². The van der Waals surface area contributed by atoms with Crippen molar-refractivity contribution in [3.05, 3.63) is 0 Å². The predicted octanol–water partition coefficient (Wildman–Crippen LogP) is -0.462. The number of hydrogen-bond donors (Lipinski definition) is 2. The van der Waals surface area contributed by atoms with Gasteiger partial charge in [0, 0.05) is 13.1 Å². The minimum atomic E-state index is -0.646. The topological polar surface area (TPSA) is 75.8 Å². The first kappa shape index (κ1) is 10.3. The lowest BCUT2D eigenvalue weighted by atomic mass is 9.91. The molecule has 0 aromatic carbocycles. The van der Waals surface area contributed by atoms with Gasteiger partial charge in [-0.3, -0.25) is 0 Å². The van der Waals surface area contributed by atoms with E-state index in [9.17, 15) is 4.79 Å². The van der Waals surface area contributed by atoms with E-state index in [2.05, 4.69) is 4.74 Å². The van der Waals surface area contributed by atoms with Crippen LogP contribution in [-0.2, 0) is 4.74 Å². The lowest BCUT2D eigenvalue weighted by Gasteiger charge is -2.38. The third-order valence-electron chi connectivity index (χ3n) is 2.36. The van der Waals surface area contributed by atoms with E-state index < -0.39 is 5.54 Å². The molecule has 3 N–H and O–H groups in total. The highest BCUT2D eigenvalue weighted by molar-refractivity contribution is 5.67. The fourth-order valence-electron chi connectivity index (χ4n) is 1.57. The lowest BCUT2D eigenvalue weighted by molar-refractivity contribution is 0.0734. The van der Waals surface area contributed by atoms with Crippen molar-refractivity contribution in [2.24, 2.45) is 5.73 Å². The predicted molar refractivity (Wildman–Crippen MR) is 47.2 cm³/mol. The van der Waals surface area contributed by atoms with Crippen molar-refractivity contribution >= 4 is 6.09 Å². The first-order chi connectivity index (χ1) is 6.11. The van der Waals surface area contributed by atoms with E-state index in [1.165, 1.54) is 12.0 Å². The highest BCUT2D eigenvalue weighted by atomic mass is 16.5. The Bertz CT molecular complexity index is 198. The number of piperidine rings is 1. The Morgan fingerprint density at radius 1 is 1.77 bits per heavy atom. The molecular formula is C8H16N2O3. The number of nitrogens with two attached hydrogens (primary N) is 1. The summed E-state index contributed by atoms with van der Waals surface area (Å²) in [6, 6.07) is 0. The highest BCUT2D eigenvalue weighted by Gasteiger charge is 2.33. The van der Waals surface area contributed by atoms with Gasteiger partial charge in [-0.25, -0.2) is 4.79 Å². The number of carbonyl (C=O) groups is 1. The Labute approximate surface area is 77.5 Å². The largest absolute Gasteiger partial charge is 0.453 e. The summed E-state index contributed by atoms with van der Waals surface area (Å²) >= 11 is 0. The Balaban J connectivity index is 2.56. The van der Waals surface area contributed by atoms with Crippen LogP contribution in [0.2, 0.25) is 0 Å². The smallest absolute Gasteiger partial charge is 0.409 e. The molecule has 0 spiro atoms. The van der Waals surface area contributed by atoms with Crippen LogP contribution in [0.5, 0.6) is 0 Å². The molecule has 76 valence electrons. The van der Waals surface area contributed by atoms with Crippen LogP contribution in [-0.4, -0.2) is 48.4 Å². The summed E-state index contributed by atoms with van der Waals surface area (Å²) in [4.78, 5) is 12.7. The van der Waals surface area contributed by atoms with Crippen LogP contribution in [0.1, 0.15) is 12.8 Å². The van der Waals surface area contributed by atoms with Crippen LogP contribution in [0.3, 0.4) is 0 Å². The summed E-state index contributed by atoms with van der Waals surface area (Å²) in [5.41, 5.74) is 5.20. The molecule has 1 saturated heterocycles. The number of methoxy groups -OCH3 is 1. The summed E-state index contributed by atoms with van der Waals surface area (Å²) in [5.74, 6) is 0. The number of aliphatic hydroxyl groups excluding tert-OH is 1. The van der Waals surface area contributed by atoms with E-state index in [0.717, 1.165) is 12.8 Å². The normalized spacial score (nSPS) is 28.7. The zero-order valence-electron chi connectivity index (χ0n) is 7.82. The molecule has 0 bridgehead atoms. The van der Waals surface area contributed by atoms with Crippen LogP contribution >= 0.6 is 0 Å². The number of hydrogen-bond acceptors (Lipinski definition) is 4. The minimum Gasteiger partial charge on any atom is -0.453 e. The first-order valence-electron chi connectivity index (χ1n) is 4.34. The fraction of sp³-hybridized carbons (Fsp3) is 0.875. The zero-order valence-corrected chi connectivity index (χ0v) is 7.82. The van der Waals surface area contributed by atoms with Gasteiger partial charge in [0.05, 0.1) is 19.3 Å². The fourth-order valence-corrected chi connectivity index (χ4v) is 1.57. The standard InChI is InChI=1S/C8H16N2O3/c1-13-7(12)10-4-2-3-8(9,5-10)6-11/h11H,2-6,9H2,1H3. The molecule has 0 aromatic rings. The number of ether oxygens (including phenoxy) is 1. The molecule has 1 heterocycles. The van der Waals surface area contributed by atoms with E-state index in [-0.39, 0.29) is 12.7 Å². The first-order valence-corrected chi connectivity index (χ1v) is 4.34. The molecule has 13 heavy (non-hydrogen) atoms. The van der Waals surface area contributed by atoms with Crippen molar-refractivity contribution in [2.75, 3.05) is 26.8 Å². The van der Waals surface area contributed by atoms with Crippen LogP contribution in [0.4, 0.5) is 4.79 Å². The van der Waals surface area contributed by atoms with Crippen molar-refractivity contribution in [1.29, 1.82) is 0 Å². The van der Waals surface area contributed by atoms with Crippen LogP contribution in [0.25, 0.3) is 0 Å². The van der Waals surface area contributed by atoms with Gasteiger partial charge in [0.25, 0.3) is 0 Å². The molecule has 1 aliphatic heterocycles. The average Bonchev–Trinajstić information content (AvgIpc) is 2.17. The average molecular weight is 188 g/mol. The molecule has 1 rings (SSSR count). The number of carbonyl (C=O) groups excluding carboxylic acids is 1. The Kier molecular flexibility index (Phi) is 3.11. The molecule has 1 amide bonds. The highest BCUT2D eigenvalue weighted by Crippen LogP contribution is 2.18. The molecule has 1 aliphatic rings. The Hall–Kier alpha value is -0.810. The van der Waals surface area contributed by atoms with Crippen molar-refractivity contribution in [2.45, 2.75) is 18.4 Å². The molecule has 5 heteroatoms. The van der Waals surface area contributed by atoms with Crippen molar-refractivity contribution in [3.63, 3.8) is 0 Å². The third-order valence-corrected chi connectivity index (χ3v) is 2.36. The molecule has 5 nitrogen and oxygen atoms in total. The van der Waals surface area contributed by atoms with Gasteiger partial charge in [0.2, 0.25) is 0 Å². The molecule has 0 aliphatic carbocycles. The quantitative estimate of drug-likeness (QED) is 0.583. The van der Waals surface area contributed by atoms with E-state index in [4.69, 9.17) is 10.8 Å². The molecule has 1 unspecified atom stereocenters. The molecule has 0 aromatic heterocycles. The van der Waals surface area contributed by atoms with E-state index >= 15 is 0 Å². The second kappa shape index (κ2) is 3.93. The van der Waals surface area contributed by atoms with Crippen LogP contribution in [0, 0.1) is 0 Å². The number of amides is 1. The molecular weight excluding hydrogens is 172 g/mol. The Morgan fingerprint density at radius 2 is 2.46 bits per heavy atom. The minimum absolute atomic E-state index is 0.0967. The maximum Gasteiger partial charge on any atom is 0.409 e. The molecule has 0 saturated carbocycles. The van der Waals surface area contributed by atoms with E-state index in [0.29, 0.717) is 13.1 Å². The van der Waals surface area contributed by atoms with Crippen molar-refractivity contribution < 1.29 is 14.6 Å². The van der Waals surface area contributed by atoms with Gasteiger partial charge in [0.15, 0.2) is 0 Å². The summed E-state index contributed by atoms with van der Waals surface area (Å²) < 4.78 is 4.58. The lowest BCUT2D eigenvalue weighted by Crippen LogP contribution is -2.57. The molecule has 1 fully saturated rings. The second-order valence-electron chi connectivity index (χ2n) is 3.52. The number of likely N-dealkylation sites (tertiary alicyclic amines) is 1. The maximum absolute atomic E-state index is 11.1. The van der Waals surface area contributed by atoms with Crippen LogP contribution < -0.4 is 5.73 Å². The second-order valence-corrected chi connectivity index (χ2v) is 3.52. The van der Waals surface area contributed by atoms with Gasteiger partial charge >= 0.3 is 6.09 Å². The summed E-state index contributed by atoms with van der Waals surface area (Å²) in [6.45, 7) is 0.933. The maximum atomic E-state index is 11.1. The number of rotatable bonds is 1. The number of nitrogens with zero attached hydrogens (tertiary/aromatic N) is 1. The van der Waals surface area contributed by atoms with Gasteiger partial charge in [-0.1, -0.05) is 0 Å². The van der Waals surface area contributed by atoms with E-state index in [1.807, 2.05) is 0 Å². The van der Waals surface area contributed by atoms with E-state index in [1.54, 1.807) is 0 Å². The molecule has 0 radical (unpaired) electrons. The Morgan fingerprint density at radius 3 is 3.00 bits per heavy atom. The van der Waals surface area contributed by atoms with Crippen LogP contribution in [0.15, 0.2) is 0 Å². The van der Waals surface area contributed by atoms with Gasteiger partial charge in [-0.2, -0.15) is 0 Å².